The van der Waals surface area contributed by atoms with Crippen molar-refractivity contribution in [2.24, 2.45) is 5.92 Å². The van der Waals surface area contributed by atoms with Gasteiger partial charge in [0.15, 0.2) is 11.5 Å². The van der Waals surface area contributed by atoms with Gasteiger partial charge in [0, 0.05) is 24.7 Å². The maximum atomic E-state index is 14.3. The van der Waals surface area contributed by atoms with Crippen LogP contribution in [0.5, 0.6) is 11.5 Å². The summed E-state index contributed by atoms with van der Waals surface area (Å²) in [7, 11) is 2.86. The van der Waals surface area contributed by atoms with Crippen LogP contribution in [0.2, 0.25) is 0 Å². The van der Waals surface area contributed by atoms with E-state index in [4.69, 9.17) is 14.6 Å². The summed E-state index contributed by atoms with van der Waals surface area (Å²) in [4.78, 5) is 24.9. The van der Waals surface area contributed by atoms with Gasteiger partial charge < -0.3 is 24.8 Å². The first-order chi connectivity index (χ1) is 11.9. The molecule has 1 saturated heterocycles. The van der Waals surface area contributed by atoms with Gasteiger partial charge in [-0.25, -0.2) is 9.18 Å². The van der Waals surface area contributed by atoms with Gasteiger partial charge >= 0.3 is 12.0 Å². The molecule has 0 aromatic heterocycles. The summed E-state index contributed by atoms with van der Waals surface area (Å²) >= 11 is 0. The van der Waals surface area contributed by atoms with E-state index in [2.05, 4.69) is 5.32 Å². The van der Waals surface area contributed by atoms with Crippen LogP contribution in [0.3, 0.4) is 0 Å². The van der Waals surface area contributed by atoms with Crippen molar-refractivity contribution in [3.63, 3.8) is 0 Å². The molecule has 25 heavy (non-hydrogen) atoms. The number of hydrogen-bond donors (Lipinski definition) is 2. The quantitative estimate of drug-likeness (QED) is 0.848. The standard InChI is InChI=1S/C17H23FN2O5/c1-10(12-7-14(24-2)15(25-3)8-13(12)18)19-17(23)20-6-4-5-11(9-20)16(21)22/h7-8,10-11H,4-6,9H2,1-3H3,(H,19,23)(H,21,22). The summed E-state index contributed by atoms with van der Waals surface area (Å²) in [6.07, 6.45) is 1.18. The summed E-state index contributed by atoms with van der Waals surface area (Å²) in [5, 5.41) is 11.8. The Morgan fingerprint density at radius 2 is 1.96 bits per heavy atom. The van der Waals surface area contributed by atoms with Crippen molar-refractivity contribution in [2.45, 2.75) is 25.8 Å². The molecule has 0 spiro atoms. The summed E-state index contributed by atoms with van der Waals surface area (Å²) in [6, 6.07) is 1.67. The number of nitrogens with zero attached hydrogens (tertiary/aromatic N) is 1. The fourth-order valence-electron chi connectivity index (χ4n) is 2.92. The number of nitrogens with one attached hydrogen (secondary N) is 1. The molecule has 1 aliphatic rings. The van der Waals surface area contributed by atoms with Crippen LogP contribution in [-0.2, 0) is 4.79 Å². The summed E-state index contributed by atoms with van der Waals surface area (Å²) in [5.41, 5.74) is 0.262. The molecule has 0 bridgehead atoms. The highest BCUT2D eigenvalue weighted by atomic mass is 19.1. The van der Waals surface area contributed by atoms with Crippen LogP contribution in [-0.4, -0.2) is 49.3 Å². The normalized spacial score (nSPS) is 18.4. The van der Waals surface area contributed by atoms with E-state index in [1.807, 2.05) is 0 Å². The maximum absolute atomic E-state index is 14.3. The first-order valence-corrected chi connectivity index (χ1v) is 8.07. The number of likely N-dealkylation sites (tertiary alicyclic amines) is 1. The number of halogens is 1. The molecule has 1 aliphatic heterocycles. The Morgan fingerprint density at radius 1 is 1.32 bits per heavy atom. The van der Waals surface area contributed by atoms with E-state index in [0.29, 0.717) is 25.1 Å². The van der Waals surface area contributed by atoms with Crippen LogP contribution in [0.1, 0.15) is 31.4 Å². The number of ether oxygens (including phenoxy) is 2. The summed E-state index contributed by atoms with van der Waals surface area (Å²) in [5.74, 6) is -1.36. The highest BCUT2D eigenvalue weighted by Gasteiger charge is 2.29. The lowest BCUT2D eigenvalue weighted by Gasteiger charge is -2.31. The summed E-state index contributed by atoms with van der Waals surface area (Å²) in [6.45, 7) is 2.29. The highest BCUT2D eigenvalue weighted by molar-refractivity contribution is 5.77. The Hall–Kier alpha value is -2.51. The Balaban J connectivity index is 2.09. The van der Waals surface area contributed by atoms with E-state index in [1.54, 1.807) is 6.92 Å². The van der Waals surface area contributed by atoms with Crippen molar-refractivity contribution in [1.82, 2.24) is 10.2 Å². The Bertz CT molecular complexity index is 652. The SMILES string of the molecule is COc1cc(F)c(C(C)NC(=O)N2CCCC(C(=O)O)C2)cc1OC. The Labute approximate surface area is 145 Å². The topological polar surface area (TPSA) is 88.1 Å². The summed E-state index contributed by atoms with van der Waals surface area (Å²) < 4.78 is 24.5. The van der Waals surface area contributed by atoms with Crippen molar-refractivity contribution in [2.75, 3.05) is 27.3 Å². The molecule has 1 aromatic rings. The van der Waals surface area contributed by atoms with Gasteiger partial charge in [-0.3, -0.25) is 4.79 Å². The lowest BCUT2D eigenvalue weighted by Crippen LogP contribution is -2.47. The van der Waals surface area contributed by atoms with Gasteiger partial charge in [-0.05, 0) is 25.8 Å². The van der Waals surface area contributed by atoms with E-state index in [0.717, 1.165) is 0 Å². The lowest BCUT2D eigenvalue weighted by atomic mass is 9.98. The molecule has 0 radical (unpaired) electrons. The fraction of sp³-hybridized carbons (Fsp3) is 0.529. The highest BCUT2D eigenvalue weighted by Crippen LogP contribution is 2.32. The van der Waals surface area contributed by atoms with Crippen LogP contribution >= 0.6 is 0 Å². The molecule has 1 fully saturated rings. The van der Waals surface area contributed by atoms with Gasteiger partial charge in [0.2, 0.25) is 0 Å². The smallest absolute Gasteiger partial charge is 0.317 e. The number of aliphatic carboxylic acids is 1. The van der Waals surface area contributed by atoms with Gasteiger partial charge in [-0.15, -0.1) is 0 Å². The van der Waals surface area contributed by atoms with E-state index in [9.17, 15) is 14.0 Å². The average Bonchev–Trinajstić information content (AvgIpc) is 2.61. The second-order valence-corrected chi connectivity index (χ2v) is 6.02. The number of carboxylic acids is 1. The molecule has 2 atom stereocenters. The molecule has 138 valence electrons. The Kier molecular flexibility index (Phi) is 6.06. The molecular weight excluding hydrogens is 331 g/mol. The number of urea groups is 1. The van der Waals surface area contributed by atoms with E-state index in [-0.39, 0.29) is 17.9 Å². The number of methoxy groups -OCH3 is 2. The molecule has 0 saturated carbocycles. The third-order valence-corrected chi connectivity index (χ3v) is 4.37. The van der Waals surface area contributed by atoms with Crippen molar-refractivity contribution >= 4 is 12.0 Å². The fourth-order valence-corrected chi connectivity index (χ4v) is 2.92. The first-order valence-electron chi connectivity index (χ1n) is 8.07. The van der Waals surface area contributed by atoms with Crippen LogP contribution in [0.15, 0.2) is 12.1 Å². The van der Waals surface area contributed by atoms with Crippen molar-refractivity contribution in [3.8, 4) is 11.5 Å². The minimum absolute atomic E-state index is 0.155. The molecule has 8 heteroatoms. The first kappa shape index (κ1) is 18.8. The number of piperidine rings is 1. The van der Waals surface area contributed by atoms with Crippen molar-refractivity contribution < 1.29 is 28.6 Å². The minimum Gasteiger partial charge on any atom is -0.493 e. The largest absolute Gasteiger partial charge is 0.493 e. The number of carbonyl (C=O) groups excluding carboxylic acids is 1. The second kappa shape index (κ2) is 8.04. The molecule has 0 aliphatic carbocycles. The molecule has 1 heterocycles. The molecular formula is C17H23FN2O5. The van der Waals surface area contributed by atoms with Gasteiger partial charge in [0.05, 0.1) is 26.2 Å². The van der Waals surface area contributed by atoms with Crippen LogP contribution in [0, 0.1) is 11.7 Å². The van der Waals surface area contributed by atoms with E-state index in [1.165, 1.54) is 31.3 Å². The van der Waals surface area contributed by atoms with Crippen LogP contribution in [0.4, 0.5) is 9.18 Å². The molecule has 7 nitrogen and oxygen atoms in total. The number of carbonyl (C=O) groups is 2. The predicted molar refractivity (Wildman–Crippen MR) is 88.4 cm³/mol. The number of benzene rings is 1. The van der Waals surface area contributed by atoms with Gasteiger partial charge in [0.1, 0.15) is 5.82 Å². The minimum atomic E-state index is -0.906. The number of hydrogen-bond acceptors (Lipinski definition) is 4. The van der Waals surface area contributed by atoms with Crippen molar-refractivity contribution in [1.29, 1.82) is 0 Å². The second-order valence-electron chi connectivity index (χ2n) is 6.02. The molecule has 2 amide bonds. The molecule has 2 rings (SSSR count). The van der Waals surface area contributed by atoms with E-state index < -0.39 is 29.8 Å². The zero-order valence-electron chi connectivity index (χ0n) is 14.5. The zero-order valence-corrected chi connectivity index (χ0v) is 14.5. The number of rotatable bonds is 5. The number of carboxylic acid groups (broad SMARTS) is 1. The monoisotopic (exact) mass is 354 g/mol. The van der Waals surface area contributed by atoms with Crippen LogP contribution < -0.4 is 14.8 Å². The van der Waals surface area contributed by atoms with Crippen LogP contribution in [0.25, 0.3) is 0 Å². The average molecular weight is 354 g/mol. The number of amides is 2. The third kappa shape index (κ3) is 4.32. The van der Waals surface area contributed by atoms with Gasteiger partial charge in [-0.2, -0.15) is 0 Å². The van der Waals surface area contributed by atoms with E-state index >= 15 is 0 Å². The van der Waals surface area contributed by atoms with Gasteiger partial charge in [-0.1, -0.05) is 0 Å². The Morgan fingerprint density at radius 3 is 2.56 bits per heavy atom. The van der Waals surface area contributed by atoms with Gasteiger partial charge in [0.25, 0.3) is 0 Å². The predicted octanol–water partition coefficient (Wildman–Crippen LogP) is 2.41. The van der Waals surface area contributed by atoms with Crippen molar-refractivity contribution in [3.05, 3.63) is 23.5 Å². The third-order valence-electron chi connectivity index (χ3n) is 4.37. The molecule has 1 aromatic carbocycles. The molecule has 2 N–H and O–H groups in total. The lowest BCUT2D eigenvalue weighted by molar-refractivity contribution is -0.143. The maximum Gasteiger partial charge on any atom is 0.317 e. The molecule has 2 unspecified atom stereocenters. The zero-order chi connectivity index (χ0) is 18.6.